The van der Waals surface area contributed by atoms with Crippen LogP contribution < -0.4 is 5.32 Å². The number of carbonyl (C=O) groups is 2. The van der Waals surface area contributed by atoms with Crippen molar-refractivity contribution < 1.29 is 14.7 Å². The largest absolute Gasteiger partial charge is 0.481 e. The standard InChI is InChI=1S/C16H21NO3/c1-2-4-12(16(19)20)6-3-5-11-7-8-14-13(9-11)10-15(18)17-14/h7-9,12H,2-6,10H2,1H3,(H,17,18)(H,19,20). The quantitative estimate of drug-likeness (QED) is 0.804. The van der Waals surface area contributed by atoms with Crippen LogP contribution in [0.15, 0.2) is 18.2 Å². The van der Waals surface area contributed by atoms with E-state index in [4.69, 9.17) is 5.11 Å². The maximum absolute atomic E-state index is 11.3. The highest BCUT2D eigenvalue weighted by atomic mass is 16.4. The van der Waals surface area contributed by atoms with Crippen LogP contribution in [-0.2, 0) is 22.4 Å². The van der Waals surface area contributed by atoms with Crippen molar-refractivity contribution >= 4 is 17.6 Å². The molecule has 4 nitrogen and oxygen atoms in total. The molecule has 0 aromatic heterocycles. The smallest absolute Gasteiger partial charge is 0.306 e. The van der Waals surface area contributed by atoms with Gasteiger partial charge in [0.05, 0.1) is 12.3 Å². The van der Waals surface area contributed by atoms with Gasteiger partial charge in [0, 0.05) is 5.69 Å². The molecule has 20 heavy (non-hydrogen) atoms. The zero-order valence-corrected chi connectivity index (χ0v) is 11.8. The van der Waals surface area contributed by atoms with Gasteiger partial charge in [-0.05, 0) is 42.9 Å². The summed E-state index contributed by atoms with van der Waals surface area (Å²) in [6.07, 6.45) is 4.57. The minimum atomic E-state index is -0.685. The Balaban J connectivity index is 1.87. The topological polar surface area (TPSA) is 66.4 Å². The summed E-state index contributed by atoms with van der Waals surface area (Å²) < 4.78 is 0. The van der Waals surface area contributed by atoms with Gasteiger partial charge in [0.25, 0.3) is 0 Å². The molecule has 0 bridgehead atoms. The van der Waals surface area contributed by atoms with E-state index in [9.17, 15) is 9.59 Å². The molecule has 108 valence electrons. The summed E-state index contributed by atoms with van der Waals surface area (Å²) in [5.74, 6) is -0.862. The molecular formula is C16H21NO3. The minimum absolute atomic E-state index is 0.0473. The molecule has 2 rings (SSSR count). The first-order valence-electron chi connectivity index (χ1n) is 7.24. The van der Waals surface area contributed by atoms with Crippen molar-refractivity contribution in [3.8, 4) is 0 Å². The molecule has 1 unspecified atom stereocenters. The molecule has 1 heterocycles. The van der Waals surface area contributed by atoms with Crippen molar-refractivity contribution in [1.29, 1.82) is 0 Å². The van der Waals surface area contributed by atoms with Crippen LogP contribution in [0.25, 0.3) is 0 Å². The lowest BCUT2D eigenvalue weighted by Crippen LogP contribution is -2.13. The number of amides is 1. The SMILES string of the molecule is CCCC(CCCc1ccc2c(c1)CC(=O)N2)C(=O)O. The van der Waals surface area contributed by atoms with Crippen LogP contribution in [0.4, 0.5) is 5.69 Å². The molecule has 1 atom stereocenters. The molecule has 0 spiro atoms. The van der Waals surface area contributed by atoms with E-state index in [1.807, 2.05) is 19.1 Å². The number of aryl methyl sites for hydroxylation is 1. The Morgan fingerprint density at radius 1 is 1.40 bits per heavy atom. The zero-order chi connectivity index (χ0) is 14.5. The lowest BCUT2D eigenvalue weighted by molar-refractivity contribution is -0.142. The Kier molecular flexibility index (Phi) is 4.77. The van der Waals surface area contributed by atoms with Gasteiger partial charge >= 0.3 is 5.97 Å². The van der Waals surface area contributed by atoms with E-state index in [-0.39, 0.29) is 11.8 Å². The monoisotopic (exact) mass is 275 g/mol. The van der Waals surface area contributed by atoms with Crippen LogP contribution >= 0.6 is 0 Å². The third kappa shape index (κ3) is 3.59. The van der Waals surface area contributed by atoms with Crippen LogP contribution in [0.2, 0.25) is 0 Å². The van der Waals surface area contributed by atoms with Crippen molar-refractivity contribution in [3.05, 3.63) is 29.3 Å². The van der Waals surface area contributed by atoms with Gasteiger partial charge in [-0.15, -0.1) is 0 Å². The number of nitrogens with one attached hydrogen (secondary N) is 1. The average Bonchev–Trinajstić information content (AvgIpc) is 2.77. The molecule has 1 aromatic carbocycles. The van der Waals surface area contributed by atoms with E-state index in [1.165, 1.54) is 5.56 Å². The Hall–Kier alpha value is -1.84. The van der Waals surface area contributed by atoms with Crippen molar-refractivity contribution in [2.24, 2.45) is 5.92 Å². The maximum atomic E-state index is 11.3. The molecule has 0 aliphatic carbocycles. The summed E-state index contributed by atoms with van der Waals surface area (Å²) >= 11 is 0. The van der Waals surface area contributed by atoms with E-state index in [1.54, 1.807) is 0 Å². The highest BCUT2D eigenvalue weighted by molar-refractivity contribution is 5.99. The number of hydrogen-bond acceptors (Lipinski definition) is 2. The molecule has 1 aliphatic heterocycles. The van der Waals surface area contributed by atoms with E-state index in [2.05, 4.69) is 11.4 Å². The second-order valence-electron chi connectivity index (χ2n) is 5.43. The Labute approximate surface area is 119 Å². The van der Waals surface area contributed by atoms with Crippen molar-refractivity contribution in [2.45, 2.75) is 45.4 Å². The number of anilines is 1. The number of carboxylic acid groups (broad SMARTS) is 1. The molecule has 0 saturated heterocycles. The van der Waals surface area contributed by atoms with Crippen molar-refractivity contribution in [2.75, 3.05) is 5.32 Å². The van der Waals surface area contributed by atoms with Crippen LogP contribution in [0.3, 0.4) is 0 Å². The Morgan fingerprint density at radius 2 is 2.20 bits per heavy atom. The van der Waals surface area contributed by atoms with Gasteiger partial charge in [0.15, 0.2) is 0 Å². The summed E-state index contributed by atoms with van der Waals surface area (Å²) in [6.45, 7) is 2.01. The summed E-state index contributed by atoms with van der Waals surface area (Å²) in [7, 11) is 0. The van der Waals surface area contributed by atoms with Crippen LogP contribution in [-0.4, -0.2) is 17.0 Å². The first kappa shape index (κ1) is 14.6. The molecule has 2 N–H and O–H groups in total. The van der Waals surface area contributed by atoms with E-state index in [0.717, 1.165) is 43.4 Å². The lowest BCUT2D eigenvalue weighted by atomic mass is 9.95. The summed E-state index contributed by atoms with van der Waals surface area (Å²) in [5.41, 5.74) is 3.14. The first-order valence-corrected chi connectivity index (χ1v) is 7.24. The number of carboxylic acids is 1. The van der Waals surface area contributed by atoms with Gasteiger partial charge in [0.1, 0.15) is 0 Å². The molecule has 0 radical (unpaired) electrons. The van der Waals surface area contributed by atoms with Gasteiger partial charge < -0.3 is 10.4 Å². The zero-order valence-electron chi connectivity index (χ0n) is 11.8. The van der Waals surface area contributed by atoms with E-state index >= 15 is 0 Å². The normalized spacial score (nSPS) is 14.8. The number of rotatable bonds is 7. The van der Waals surface area contributed by atoms with Crippen molar-refractivity contribution in [1.82, 2.24) is 0 Å². The van der Waals surface area contributed by atoms with Gasteiger partial charge in [-0.2, -0.15) is 0 Å². The molecule has 1 aromatic rings. The summed E-state index contributed by atoms with van der Waals surface area (Å²) in [5, 5.41) is 11.9. The highest BCUT2D eigenvalue weighted by Crippen LogP contribution is 2.25. The molecule has 0 fully saturated rings. The summed E-state index contributed by atoms with van der Waals surface area (Å²) in [4.78, 5) is 22.4. The third-order valence-corrected chi connectivity index (χ3v) is 3.80. The molecule has 0 saturated carbocycles. The minimum Gasteiger partial charge on any atom is -0.481 e. The first-order chi connectivity index (χ1) is 9.60. The second-order valence-corrected chi connectivity index (χ2v) is 5.43. The second kappa shape index (κ2) is 6.55. The number of aliphatic carboxylic acids is 1. The summed E-state index contributed by atoms with van der Waals surface area (Å²) in [6, 6.07) is 6.01. The molecule has 4 heteroatoms. The highest BCUT2D eigenvalue weighted by Gasteiger charge is 2.18. The molecule has 1 aliphatic rings. The average molecular weight is 275 g/mol. The van der Waals surface area contributed by atoms with Crippen LogP contribution in [0.1, 0.15) is 43.7 Å². The fourth-order valence-electron chi connectivity index (χ4n) is 2.73. The predicted molar refractivity (Wildman–Crippen MR) is 77.7 cm³/mol. The Bertz CT molecular complexity index is 510. The number of benzene rings is 1. The fraction of sp³-hybridized carbons (Fsp3) is 0.500. The predicted octanol–water partition coefficient (Wildman–Crippen LogP) is 3.00. The van der Waals surface area contributed by atoms with Gasteiger partial charge in [-0.3, -0.25) is 9.59 Å². The maximum Gasteiger partial charge on any atom is 0.306 e. The Morgan fingerprint density at radius 3 is 2.90 bits per heavy atom. The van der Waals surface area contributed by atoms with E-state index < -0.39 is 5.97 Å². The van der Waals surface area contributed by atoms with Gasteiger partial charge in [0.2, 0.25) is 5.91 Å². The lowest BCUT2D eigenvalue weighted by Gasteiger charge is -2.11. The van der Waals surface area contributed by atoms with Crippen LogP contribution in [0, 0.1) is 5.92 Å². The number of hydrogen-bond donors (Lipinski definition) is 2. The van der Waals surface area contributed by atoms with Crippen molar-refractivity contribution in [3.63, 3.8) is 0 Å². The van der Waals surface area contributed by atoms with Gasteiger partial charge in [-0.25, -0.2) is 0 Å². The fourth-order valence-corrected chi connectivity index (χ4v) is 2.73. The third-order valence-electron chi connectivity index (χ3n) is 3.80. The van der Waals surface area contributed by atoms with Crippen LogP contribution in [0.5, 0.6) is 0 Å². The molecular weight excluding hydrogens is 254 g/mol. The molecule has 1 amide bonds. The number of fused-ring (bicyclic) bond motifs is 1. The van der Waals surface area contributed by atoms with E-state index in [0.29, 0.717) is 6.42 Å². The van der Waals surface area contributed by atoms with Gasteiger partial charge in [-0.1, -0.05) is 25.5 Å². The number of carbonyl (C=O) groups excluding carboxylic acids is 1.